The van der Waals surface area contributed by atoms with E-state index in [1.54, 1.807) is 0 Å². The van der Waals surface area contributed by atoms with E-state index in [1.165, 1.54) is 31.9 Å². The van der Waals surface area contributed by atoms with Crippen molar-refractivity contribution >= 4 is 11.9 Å². The third kappa shape index (κ3) is 4.09. The minimum absolute atomic E-state index is 0.189. The van der Waals surface area contributed by atoms with Crippen molar-refractivity contribution in [2.45, 2.75) is 51.4 Å². The van der Waals surface area contributed by atoms with Gasteiger partial charge in [-0.25, -0.2) is 0 Å². The van der Waals surface area contributed by atoms with Crippen molar-refractivity contribution in [2.75, 3.05) is 20.2 Å². The second kappa shape index (κ2) is 7.46. The molecule has 4 nitrogen and oxygen atoms in total. The van der Waals surface area contributed by atoms with Gasteiger partial charge in [-0.15, -0.1) is 0 Å². The molecule has 0 N–H and O–H groups in total. The number of unbranched alkanes of at least 4 members (excludes halogenated alkanes) is 1. The van der Waals surface area contributed by atoms with E-state index in [0.717, 1.165) is 38.3 Å². The SMILES string of the molecule is COC(=O)CCCCC(=O)N1CCC2CCCC=C2C1. The van der Waals surface area contributed by atoms with Crippen molar-refractivity contribution in [1.29, 1.82) is 0 Å². The van der Waals surface area contributed by atoms with Crippen LogP contribution >= 0.6 is 0 Å². The Morgan fingerprint density at radius 1 is 1.30 bits per heavy atom. The van der Waals surface area contributed by atoms with Gasteiger partial charge >= 0.3 is 5.97 Å². The number of carbonyl (C=O) groups is 2. The molecule has 0 aromatic rings. The van der Waals surface area contributed by atoms with Gasteiger partial charge in [0.1, 0.15) is 0 Å². The van der Waals surface area contributed by atoms with Crippen molar-refractivity contribution in [3.05, 3.63) is 11.6 Å². The van der Waals surface area contributed by atoms with E-state index in [1.807, 2.05) is 4.90 Å². The molecule has 1 heterocycles. The van der Waals surface area contributed by atoms with Crippen molar-refractivity contribution in [3.8, 4) is 0 Å². The maximum Gasteiger partial charge on any atom is 0.305 e. The fourth-order valence-electron chi connectivity index (χ4n) is 3.16. The minimum Gasteiger partial charge on any atom is -0.469 e. The highest BCUT2D eigenvalue weighted by atomic mass is 16.5. The normalized spacial score (nSPS) is 21.9. The number of esters is 1. The number of nitrogens with zero attached hydrogens (tertiary/aromatic N) is 1. The Kier molecular flexibility index (Phi) is 5.62. The van der Waals surface area contributed by atoms with Crippen LogP contribution in [0.15, 0.2) is 11.6 Å². The summed E-state index contributed by atoms with van der Waals surface area (Å²) in [6.45, 7) is 1.73. The van der Waals surface area contributed by atoms with Gasteiger partial charge in [0.05, 0.1) is 7.11 Å². The molecular formula is C16H25NO3. The largest absolute Gasteiger partial charge is 0.469 e. The van der Waals surface area contributed by atoms with Crippen LogP contribution in [0.4, 0.5) is 0 Å². The fourth-order valence-corrected chi connectivity index (χ4v) is 3.16. The lowest BCUT2D eigenvalue weighted by molar-refractivity contribution is -0.141. The maximum atomic E-state index is 12.2. The smallest absolute Gasteiger partial charge is 0.305 e. The average Bonchev–Trinajstić information content (AvgIpc) is 2.50. The van der Waals surface area contributed by atoms with Crippen LogP contribution in [-0.4, -0.2) is 37.0 Å². The summed E-state index contributed by atoms with van der Waals surface area (Å²) in [5, 5.41) is 0. The van der Waals surface area contributed by atoms with E-state index in [-0.39, 0.29) is 11.9 Å². The minimum atomic E-state index is -0.189. The summed E-state index contributed by atoms with van der Waals surface area (Å²) in [6, 6.07) is 0. The van der Waals surface area contributed by atoms with Gasteiger partial charge in [0.2, 0.25) is 5.91 Å². The van der Waals surface area contributed by atoms with Crippen molar-refractivity contribution in [2.24, 2.45) is 5.92 Å². The number of fused-ring (bicyclic) bond motifs is 1. The van der Waals surface area contributed by atoms with Gasteiger partial charge in [0.15, 0.2) is 0 Å². The van der Waals surface area contributed by atoms with Crippen LogP contribution in [0, 0.1) is 5.92 Å². The second-order valence-corrected chi connectivity index (χ2v) is 5.79. The molecule has 1 unspecified atom stereocenters. The lowest BCUT2D eigenvalue weighted by Gasteiger charge is -2.36. The number of allylic oxidation sites excluding steroid dienone is 1. The van der Waals surface area contributed by atoms with Crippen molar-refractivity contribution in [3.63, 3.8) is 0 Å². The summed E-state index contributed by atoms with van der Waals surface area (Å²) in [7, 11) is 1.40. The third-order valence-electron chi connectivity index (χ3n) is 4.41. The van der Waals surface area contributed by atoms with Crippen molar-refractivity contribution < 1.29 is 14.3 Å². The molecule has 112 valence electrons. The summed E-state index contributed by atoms with van der Waals surface area (Å²) < 4.78 is 4.59. The molecule has 1 saturated heterocycles. The molecule has 2 aliphatic rings. The van der Waals surface area contributed by atoms with Gasteiger partial charge in [0.25, 0.3) is 0 Å². The van der Waals surface area contributed by atoms with Crippen LogP contribution in [0.2, 0.25) is 0 Å². The molecule has 4 heteroatoms. The topological polar surface area (TPSA) is 46.6 Å². The van der Waals surface area contributed by atoms with E-state index in [4.69, 9.17) is 0 Å². The Balaban J connectivity index is 1.70. The zero-order chi connectivity index (χ0) is 14.4. The van der Waals surface area contributed by atoms with Gasteiger partial charge in [-0.3, -0.25) is 9.59 Å². The number of amides is 1. The zero-order valence-corrected chi connectivity index (χ0v) is 12.4. The Hall–Kier alpha value is -1.32. The molecule has 1 fully saturated rings. The molecule has 0 bridgehead atoms. The first-order valence-corrected chi connectivity index (χ1v) is 7.74. The summed E-state index contributed by atoms with van der Waals surface area (Å²) in [6.07, 6.45) is 9.71. The number of carbonyl (C=O) groups excluding carboxylic acids is 2. The summed E-state index contributed by atoms with van der Waals surface area (Å²) in [5.41, 5.74) is 1.48. The number of ether oxygens (including phenoxy) is 1. The molecule has 0 aromatic carbocycles. The first-order valence-electron chi connectivity index (χ1n) is 7.74. The molecule has 0 radical (unpaired) electrons. The third-order valence-corrected chi connectivity index (χ3v) is 4.41. The van der Waals surface area contributed by atoms with Gasteiger partial charge in [-0.2, -0.15) is 0 Å². The molecule has 0 saturated carbocycles. The van der Waals surface area contributed by atoms with Gasteiger partial charge in [-0.1, -0.05) is 11.6 Å². The predicted octanol–water partition coefficient (Wildman–Crippen LogP) is 2.68. The van der Waals surface area contributed by atoms with Crippen LogP contribution in [-0.2, 0) is 14.3 Å². The number of likely N-dealkylation sites (tertiary alicyclic amines) is 1. The highest BCUT2D eigenvalue weighted by Crippen LogP contribution is 2.32. The number of methoxy groups -OCH3 is 1. The van der Waals surface area contributed by atoms with Crippen LogP contribution in [0.3, 0.4) is 0 Å². The van der Waals surface area contributed by atoms with E-state index in [9.17, 15) is 9.59 Å². The highest BCUT2D eigenvalue weighted by molar-refractivity contribution is 5.76. The standard InChI is InChI=1S/C16H25NO3/c1-20-16(19)9-5-4-8-15(18)17-11-10-13-6-2-3-7-14(13)12-17/h7,13H,2-6,8-12H2,1H3. The van der Waals surface area contributed by atoms with E-state index < -0.39 is 0 Å². The first kappa shape index (κ1) is 15.1. The molecule has 2 rings (SSSR count). The summed E-state index contributed by atoms with van der Waals surface area (Å²) in [5.74, 6) is 0.775. The molecule has 0 spiro atoms. The molecule has 1 aliphatic carbocycles. The summed E-state index contributed by atoms with van der Waals surface area (Å²) in [4.78, 5) is 25.2. The predicted molar refractivity (Wildman–Crippen MR) is 77.1 cm³/mol. The van der Waals surface area contributed by atoms with E-state index in [2.05, 4.69) is 10.8 Å². The molecule has 1 atom stereocenters. The molecule has 1 amide bonds. The quantitative estimate of drug-likeness (QED) is 0.441. The van der Waals surface area contributed by atoms with Crippen molar-refractivity contribution in [1.82, 2.24) is 4.90 Å². The molecule has 0 aromatic heterocycles. The highest BCUT2D eigenvalue weighted by Gasteiger charge is 2.27. The van der Waals surface area contributed by atoms with Gasteiger partial charge in [-0.05, 0) is 44.4 Å². The summed E-state index contributed by atoms with van der Waals surface area (Å²) >= 11 is 0. The van der Waals surface area contributed by atoms with E-state index in [0.29, 0.717) is 12.8 Å². The van der Waals surface area contributed by atoms with Crippen LogP contribution < -0.4 is 0 Å². The molecule has 1 aliphatic heterocycles. The Morgan fingerprint density at radius 2 is 2.10 bits per heavy atom. The van der Waals surface area contributed by atoms with Crippen LogP contribution in [0.25, 0.3) is 0 Å². The second-order valence-electron chi connectivity index (χ2n) is 5.79. The maximum absolute atomic E-state index is 12.2. The van der Waals surface area contributed by atoms with Crippen LogP contribution in [0.5, 0.6) is 0 Å². The van der Waals surface area contributed by atoms with Gasteiger partial charge < -0.3 is 9.64 Å². The molecular weight excluding hydrogens is 254 g/mol. The Labute approximate surface area is 121 Å². The average molecular weight is 279 g/mol. The number of piperidine rings is 1. The zero-order valence-electron chi connectivity index (χ0n) is 12.4. The first-order chi connectivity index (χ1) is 9.70. The number of hydrogen-bond acceptors (Lipinski definition) is 3. The lowest BCUT2D eigenvalue weighted by Crippen LogP contribution is -2.40. The fraction of sp³-hybridized carbons (Fsp3) is 0.750. The Morgan fingerprint density at radius 3 is 2.90 bits per heavy atom. The monoisotopic (exact) mass is 279 g/mol. The lowest BCUT2D eigenvalue weighted by atomic mass is 9.82. The number of rotatable bonds is 5. The Bertz CT molecular complexity index is 389. The van der Waals surface area contributed by atoms with Gasteiger partial charge in [0, 0.05) is 25.9 Å². The molecule has 20 heavy (non-hydrogen) atoms. The van der Waals surface area contributed by atoms with Crippen LogP contribution in [0.1, 0.15) is 51.4 Å². The number of hydrogen-bond donors (Lipinski definition) is 0. The van der Waals surface area contributed by atoms with E-state index >= 15 is 0 Å².